The first-order valence-corrected chi connectivity index (χ1v) is 6.75. The van der Waals surface area contributed by atoms with Crippen LogP contribution < -0.4 is 9.64 Å². The van der Waals surface area contributed by atoms with Crippen molar-refractivity contribution in [2.75, 3.05) is 12.0 Å². The summed E-state index contributed by atoms with van der Waals surface area (Å²) in [5.74, 6) is 1.01. The number of anilines is 1. The Hall–Kier alpha value is -2.60. The Morgan fingerprint density at radius 1 is 1.23 bits per heavy atom. The van der Waals surface area contributed by atoms with Gasteiger partial charge in [0.05, 0.1) is 20.3 Å². The molecule has 0 aliphatic rings. The predicted octanol–water partition coefficient (Wildman–Crippen LogP) is 2.58. The van der Waals surface area contributed by atoms with Crippen LogP contribution in [0.1, 0.15) is 16.8 Å². The molecular formula is C16H18N2O4. The van der Waals surface area contributed by atoms with Crippen LogP contribution in [0.2, 0.25) is 0 Å². The second-order valence-electron chi connectivity index (χ2n) is 4.85. The lowest BCUT2D eigenvalue weighted by atomic mass is 10.2. The molecule has 0 radical (unpaired) electrons. The van der Waals surface area contributed by atoms with E-state index in [9.17, 15) is 15.0 Å². The molecule has 0 aliphatic heterocycles. The molecule has 6 nitrogen and oxygen atoms in total. The molecule has 116 valence electrons. The fourth-order valence-electron chi connectivity index (χ4n) is 2.11. The topological polar surface area (TPSA) is 82.9 Å². The first-order chi connectivity index (χ1) is 10.5. The molecule has 0 atom stereocenters. The third-order valence-electron chi connectivity index (χ3n) is 3.19. The Balaban J connectivity index is 2.29. The molecule has 0 spiro atoms. The average molecular weight is 302 g/mol. The van der Waals surface area contributed by atoms with E-state index in [0.717, 1.165) is 10.5 Å². The number of aromatic nitrogens is 1. The van der Waals surface area contributed by atoms with Gasteiger partial charge in [-0.25, -0.2) is 9.78 Å². The van der Waals surface area contributed by atoms with Crippen molar-refractivity contribution in [1.82, 2.24) is 4.98 Å². The van der Waals surface area contributed by atoms with Crippen LogP contribution >= 0.6 is 0 Å². The highest BCUT2D eigenvalue weighted by atomic mass is 16.5. The number of aliphatic hydroxyl groups excluding tert-OH is 1. The number of aliphatic hydroxyl groups is 1. The second-order valence-corrected chi connectivity index (χ2v) is 4.85. The van der Waals surface area contributed by atoms with E-state index in [1.807, 2.05) is 0 Å². The van der Waals surface area contributed by atoms with E-state index in [-0.39, 0.29) is 13.2 Å². The predicted molar refractivity (Wildman–Crippen MR) is 82.1 cm³/mol. The largest absolute Gasteiger partial charge is 0.497 e. The van der Waals surface area contributed by atoms with Gasteiger partial charge in [0.25, 0.3) is 0 Å². The first kappa shape index (κ1) is 15.8. The smallest absolute Gasteiger partial charge is 0.413 e. The number of rotatable bonds is 5. The van der Waals surface area contributed by atoms with Crippen molar-refractivity contribution >= 4 is 11.9 Å². The Morgan fingerprint density at radius 2 is 1.91 bits per heavy atom. The van der Waals surface area contributed by atoms with Crippen LogP contribution in [0, 0.1) is 6.92 Å². The quantitative estimate of drug-likeness (QED) is 0.887. The van der Waals surface area contributed by atoms with Gasteiger partial charge in [-0.05, 0) is 42.3 Å². The summed E-state index contributed by atoms with van der Waals surface area (Å²) in [6.07, 6.45) is -1.10. The summed E-state index contributed by atoms with van der Waals surface area (Å²) in [5, 5.41) is 18.7. The molecule has 1 aromatic carbocycles. The van der Waals surface area contributed by atoms with E-state index in [0.29, 0.717) is 22.8 Å². The third-order valence-corrected chi connectivity index (χ3v) is 3.19. The SMILES string of the molecule is COc1ccc(CN(C(=O)O)c2cc(CO)cc(C)n2)cc1. The minimum atomic E-state index is -1.10. The molecule has 6 heteroatoms. The van der Waals surface area contributed by atoms with Crippen LogP contribution in [0.3, 0.4) is 0 Å². The summed E-state index contributed by atoms with van der Waals surface area (Å²) in [6, 6.07) is 10.5. The van der Waals surface area contributed by atoms with Crippen LogP contribution in [0.15, 0.2) is 36.4 Å². The van der Waals surface area contributed by atoms with Crippen molar-refractivity contribution in [3.05, 3.63) is 53.2 Å². The average Bonchev–Trinajstić information content (AvgIpc) is 2.52. The Kier molecular flexibility index (Phi) is 4.95. The zero-order chi connectivity index (χ0) is 16.1. The summed E-state index contributed by atoms with van der Waals surface area (Å²) < 4.78 is 5.08. The number of aryl methyl sites for hydroxylation is 1. The highest BCUT2D eigenvalue weighted by Gasteiger charge is 2.17. The molecule has 1 heterocycles. The summed E-state index contributed by atoms with van der Waals surface area (Å²) in [6.45, 7) is 1.77. The maximum Gasteiger partial charge on any atom is 0.413 e. The lowest BCUT2D eigenvalue weighted by Crippen LogP contribution is -2.29. The fourth-order valence-corrected chi connectivity index (χ4v) is 2.11. The standard InChI is InChI=1S/C16H18N2O4/c1-11-7-13(10-19)8-15(17-11)18(16(20)21)9-12-3-5-14(22-2)6-4-12/h3-8,19H,9-10H2,1-2H3,(H,20,21). The van der Waals surface area contributed by atoms with E-state index < -0.39 is 6.09 Å². The summed E-state index contributed by atoms with van der Waals surface area (Å²) in [4.78, 5) is 16.9. The molecule has 0 aliphatic carbocycles. The third kappa shape index (κ3) is 3.73. The Labute approximate surface area is 128 Å². The number of benzene rings is 1. The van der Waals surface area contributed by atoms with E-state index in [4.69, 9.17) is 4.74 Å². The number of methoxy groups -OCH3 is 1. The monoisotopic (exact) mass is 302 g/mol. The van der Waals surface area contributed by atoms with Gasteiger partial charge in [-0.15, -0.1) is 0 Å². The molecule has 0 fully saturated rings. The number of hydrogen-bond acceptors (Lipinski definition) is 4. The van der Waals surface area contributed by atoms with Crippen LogP contribution in [0.4, 0.5) is 10.6 Å². The molecule has 0 saturated carbocycles. The number of nitrogens with zero attached hydrogens (tertiary/aromatic N) is 2. The molecular weight excluding hydrogens is 284 g/mol. The maximum absolute atomic E-state index is 11.5. The molecule has 0 unspecified atom stereocenters. The Morgan fingerprint density at radius 3 is 2.45 bits per heavy atom. The normalized spacial score (nSPS) is 10.3. The van der Waals surface area contributed by atoms with Crippen molar-refractivity contribution in [3.8, 4) is 5.75 Å². The van der Waals surface area contributed by atoms with Gasteiger partial charge >= 0.3 is 6.09 Å². The van der Waals surface area contributed by atoms with Crippen molar-refractivity contribution in [3.63, 3.8) is 0 Å². The molecule has 0 saturated heterocycles. The minimum Gasteiger partial charge on any atom is -0.497 e. The molecule has 2 N–H and O–H groups in total. The maximum atomic E-state index is 11.5. The molecule has 22 heavy (non-hydrogen) atoms. The summed E-state index contributed by atoms with van der Waals surface area (Å²) in [5.41, 5.74) is 2.10. The zero-order valence-corrected chi connectivity index (χ0v) is 12.5. The van der Waals surface area contributed by atoms with Crippen LogP contribution in [-0.2, 0) is 13.2 Å². The zero-order valence-electron chi connectivity index (χ0n) is 12.5. The van der Waals surface area contributed by atoms with Gasteiger partial charge in [-0.1, -0.05) is 12.1 Å². The number of ether oxygens (including phenoxy) is 1. The summed E-state index contributed by atoms with van der Waals surface area (Å²) >= 11 is 0. The van der Waals surface area contributed by atoms with E-state index in [2.05, 4.69) is 4.98 Å². The van der Waals surface area contributed by atoms with E-state index >= 15 is 0 Å². The first-order valence-electron chi connectivity index (χ1n) is 6.75. The van der Waals surface area contributed by atoms with Crippen LogP contribution in [0.25, 0.3) is 0 Å². The summed E-state index contributed by atoms with van der Waals surface area (Å²) in [7, 11) is 1.58. The van der Waals surface area contributed by atoms with Gasteiger partial charge in [-0.2, -0.15) is 0 Å². The number of hydrogen-bond donors (Lipinski definition) is 2. The van der Waals surface area contributed by atoms with Crippen LogP contribution in [-0.4, -0.2) is 28.4 Å². The van der Waals surface area contributed by atoms with Gasteiger partial charge in [-0.3, -0.25) is 4.90 Å². The molecule has 1 aromatic heterocycles. The van der Waals surface area contributed by atoms with Gasteiger partial charge in [0.1, 0.15) is 11.6 Å². The lowest BCUT2D eigenvalue weighted by Gasteiger charge is -2.19. The molecule has 1 amide bonds. The van der Waals surface area contributed by atoms with Crippen molar-refractivity contribution in [2.45, 2.75) is 20.1 Å². The molecule has 2 rings (SSSR count). The number of carboxylic acid groups (broad SMARTS) is 1. The lowest BCUT2D eigenvalue weighted by molar-refractivity contribution is 0.201. The fraction of sp³-hybridized carbons (Fsp3) is 0.250. The highest BCUT2D eigenvalue weighted by Crippen LogP contribution is 2.19. The van der Waals surface area contributed by atoms with E-state index in [1.54, 1.807) is 50.4 Å². The van der Waals surface area contributed by atoms with Gasteiger partial charge in [0.2, 0.25) is 0 Å². The van der Waals surface area contributed by atoms with Gasteiger partial charge in [0, 0.05) is 5.69 Å². The van der Waals surface area contributed by atoms with Crippen molar-refractivity contribution in [2.24, 2.45) is 0 Å². The van der Waals surface area contributed by atoms with E-state index in [1.165, 1.54) is 0 Å². The number of carbonyl (C=O) groups is 1. The van der Waals surface area contributed by atoms with Crippen molar-refractivity contribution < 1.29 is 19.7 Å². The highest BCUT2D eigenvalue weighted by molar-refractivity contribution is 5.84. The minimum absolute atomic E-state index is 0.160. The second kappa shape index (κ2) is 6.91. The van der Waals surface area contributed by atoms with Crippen LogP contribution in [0.5, 0.6) is 5.75 Å². The number of amides is 1. The van der Waals surface area contributed by atoms with Crippen molar-refractivity contribution in [1.29, 1.82) is 0 Å². The molecule has 2 aromatic rings. The molecule has 0 bridgehead atoms. The van der Waals surface area contributed by atoms with Gasteiger partial charge < -0.3 is 14.9 Å². The Bertz CT molecular complexity index is 656. The number of pyridine rings is 1. The van der Waals surface area contributed by atoms with Gasteiger partial charge in [0.15, 0.2) is 0 Å².